The number of esters is 1. The number of rotatable bonds is 2. The summed E-state index contributed by atoms with van der Waals surface area (Å²) in [5.74, 6) is 0.841. The van der Waals surface area contributed by atoms with Crippen molar-refractivity contribution in [1.29, 1.82) is 0 Å². The lowest BCUT2D eigenvalue weighted by Crippen LogP contribution is -2.43. The molecule has 0 N–H and O–H groups in total. The molecule has 3 heteroatoms. The van der Waals surface area contributed by atoms with Gasteiger partial charge in [0.25, 0.3) is 0 Å². The van der Waals surface area contributed by atoms with E-state index in [1.54, 1.807) is 0 Å². The van der Waals surface area contributed by atoms with Gasteiger partial charge < -0.3 is 4.74 Å². The van der Waals surface area contributed by atoms with Crippen LogP contribution in [0.2, 0.25) is 0 Å². The topological polar surface area (TPSA) is 29.5 Å². The highest BCUT2D eigenvalue weighted by Gasteiger charge is 2.37. The van der Waals surface area contributed by atoms with Crippen LogP contribution in [-0.4, -0.2) is 36.6 Å². The molecule has 0 spiro atoms. The Morgan fingerprint density at radius 1 is 1.46 bits per heavy atom. The maximum atomic E-state index is 11.5. The molecule has 3 unspecified atom stereocenters. The number of piperidine rings is 1. The molecule has 2 aliphatic heterocycles. The van der Waals surface area contributed by atoms with Crippen LogP contribution in [0.3, 0.4) is 0 Å². The van der Waals surface area contributed by atoms with Gasteiger partial charge in [0.1, 0.15) is 6.04 Å². The number of hydrogen-bond acceptors (Lipinski definition) is 3. The first-order valence-corrected chi connectivity index (χ1v) is 5.22. The molecule has 2 fully saturated rings. The summed E-state index contributed by atoms with van der Waals surface area (Å²) in [6.45, 7) is 4.58. The molecule has 2 rings (SSSR count). The van der Waals surface area contributed by atoms with Crippen molar-refractivity contribution < 1.29 is 9.53 Å². The van der Waals surface area contributed by atoms with Gasteiger partial charge in [0.15, 0.2) is 0 Å². The quantitative estimate of drug-likeness (QED) is 0.599. The van der Waals surface area contributed by atoms with Crippen LogP contribution >= 0.6 is 0 Å². The van der Waals surface area contributed by atoms with E-state index in [-0.39, 0.29) is 12.0 Å². The Bertz CT molecular complexity index is 205. The molecule has 13 heavy (non-hydrogen) atoms. The molecule has 2 heterocycles. The Labute approximate surface area is 79.0 Å². The summed E-state index contributed by atoms with van der Waals surface area (Å²) in [5, 5.41) is 0. The van der Waals surface area contributed by atoms with Crippen molar-refractivity contribution in [2.24, 2.45) is 5.92 Å². The number of ether oxygens (including phenoxy) is 1. The average molecular weight is 183 g/mol. The summed E-state index contributed by atoms with van der Waals surface area (Å²) in [6, 6.07) is 0.0682. The lowest BCUT2D eigenvalue weighted by molar-refractivity contribution is -0.150. The van der Waals surface area contributed by atoms with Gasteiger partial charge in [0.2, 0.25) is 0 Å². The maximum absolute atomic E-state index is 11.5. The van der Waals surface area contributed by atoms with Gasteiger partial charge in [-0.05, 0) is 38.6 Å². The van der Waals surface area contributed by atoms with Crippen molar-refractivity contribution in [3.8, 4) is 0 Å². The second-order valence-corrected chi connectivity index (χ2v) is 3.99. The van der Waals surface area contributed by atoms with Crippen LogP contribution in [0.4, 0.5) is 0 Å². The molecule has 0 aliphatic carbocycles. The molecular formula is C10H17NO2. The first kappa shape index (κ1) is 9.00. The highest BCUT2D eigenvalue weighted by Crippen LogP contribution is 2.31. The zero-order chi connectivity index (χ0) is 9.26. The smallest absolute Gasteiger partial charge is 0.323 e. The summed E-state index contributed by atoms with van der Waals surface area (Å²) in [7, 11) is 0. The highest BCUT2D eigenvalue weighted by atomic mass is 16.5. The fraction of sp³-hybridized carbons (Fsp3) is 0.900. The van der Waals surface area contributed by atoms with Crippen LogP contribution in [0.15, 0.2) is 0 Å². The number of nitrogens with zero attached hydrogens (tertiary/aromatic N) is 1. The minimum absolute atomic E-state index is 0.0112. The minimum Gasteiger partial charge on any atom is -0.465 e. The zero-order valence-corrected chi connectivity index (χ0v) is 8.16. The summed E-state index contributed by atoms with van der Waals surface area (Å²) in [4.78, 5) is 13.8. The minimum atomic E-state index is -0.0112. The number of hydrogen-bond donors (Lipinski definition) is 0. The Kier molecular flexibility index (Phi) is 2.54. The predicted molar refractivity (Wildman–Crippen MR) is 49.3 cm³/mol. The molecule has 0 saturated carbocycles. The Hall–Kier alpha value is -0.570. The largest absolute Gasteiger partial charge is 0.465 e. The van der Waals surface area contributed by atoms with Gasteiger partial charge in [-0.3, -0.25) is 9.69 Å². The zero-order valence-electron chi connectivity index (χ0n) is 8.16. The molecule has 0 amide bonds. The third kappa shape index (κ3) is 1.70. The normalized spacial score (nSPS) is 37.5. The molecule has 0 radical (unpaired) electrons. The second kappa shape index (κ2) is 3.66. The van der Waals surface area contributed by atoms with Gasteiger partial charge in [-0.2, -0.15) is 0 Å². The van der Waals surface area contributed by atoms with E-state index in [1.807, 2.05) is 6.92 Å². The number of carbonyl (C=O) groups excluding carboxylic acids is 1. The SMILES string of the molecule is CCOC(=O)C1CCC2CCN1C2. The van der Waals surface area contributed by atoms with Gasteiger partial charge in [0.05, 0.1) is 6.61 Å². The standard InChI is InChI=1S/C10H17NO2/c1-2-13-10(12)9-4-3-8-5-6-11(9)7-8/h8-9H,2-7H2,1H3. The van der Waals surface area contributed by atoms with Crippen LogP contribution in [-0.2, 0) is 9.53 Å². The van der Waals surface area contributed by atoms with Crippen molar-refractivity contribution in [2.45, 2.75) is 32.2 Å². The average Bonchev–Trinajstić information content (AvgIpc) is 2.48. The Morgan fingerprint density at radius 2 is 2.31 bits per heavy atom. The van der Waals surface area contributed by atoms with Crippen LogP contribution in [0, 0.1) is 5.92 Å². The van der Waals surface area contributed by atoms with E-state index in [2.05, 4.69) is 4.90 Å². The Balaban J connectivity index is 1.95. The first-order valence-electron chi connectivity index (χ1n) is 5.22. The first-order chi connectivity index (χ1) is 6.31. The van der Waals surface area contributed by atoms with Gasteiger partial charge >= 0.3 is 5.97 Å². The lowest BCUT2D eigenvalue weighted by atomic mass is 9.96. The molecular weight excluding hydrogens is 166 g/mol. The van der Waals surface area contributed by atoms with E-state index in [1.165, 1.54) is 12.8 Å². The molecule has 0 aromatic rings. The third-order valence-corrected chi connectivity index (χ3v) is 3.17. The fourth-order valence-corrected chi connectivity index (χ4v) is 2.46. The third-order valence-electron chi connectivity index (χ3n) is 3.17. The van der Waals surface area contributed by atoms with E-state index in [0.717, 1.165) is 25.4 Å². The molecule has 2 saturated heterocycles. The summed E-state index contributed by atoms with van der Waals surface area (Å²) < 4.78 is 5.05. The van der Waals surface area contributed by atoms with Crippen molar-refractivity contribution in [2.75, 3.05) is 19.7 Å². The lowest BCUT2D eigenvalue weighted by Gasteiger charge is -2.30. The monoisotopic (exact) mass is 183 g/mol. The maximum Gasteiger partial charge on any atom is 0.323 e. The van der Waals surface area contributed by atoms with Crippen LogP contribution in [0.5, 0.6) is 0 Å². The number of carbonyl (C=O) groups is 1. The van der Waals surface area contributed by atoms with Crippen molar-refractivity contribution in [1.82, 2.24) is 4.90 Å². The van der Waals surface area contributed by atoms with Crippen molar-refractivity contribution >= 4 is 5.97 Å². The van der Waals surface area contributed by atoms with E-state index in [9.17, 15) is 4.79 Å². The Morgan fingerprint density at radius 3 is 3.08 bits per heavy atom. The van der Waals surface area contributed by atoms with Gasteiger partial charge in [0, 0.05) is 6.54 Å². The summed E-state index contributed by atoms with van der Waals surface area (Å²) in [5.41, 5.74) is 0. The van der Waals surface area contributed by atoms with E-state index in [0.29, 0.717) is 6.61 Å². The molecule has 2 bridgehead atoms. The molecule has 0 aromatic carbocycles. The van der Waals surface area contributed by atoms with Crippen LogP contribution < -0.4 is 0 Å². The molecule has 0 aromatic heterocycles. The predicted octanol–water partition coefficient (Wildman–Crippen LogP) is 1.03. The van der Waals surface area contributed by atoms with E-state index >= 15 is 0 Å². The summed E-state index contributed by atoms with van der Waals surface area (Å²) in [6.07, 6.45) is 3.49. The van der Waals surface area contributed by atoms with Crippen molar-refractivity contribution in [3.05, 3.63) is 0 Å². The van der Waals surface area contributed by atoms with Gasteiger partial charge in [-0.1, -0.05) is 0 Å². The molecule has 2 aliphatic rings. The van der Waals surface area contributed by atoms with Crippen molar-refractivity contribution in [3.63, 3.8) is 0 Å². The second-order valence-electron chi connectivity index (χ2n) is 3.99. The number of fused-ring (bicyclic) bond motifs is 2. The van der Waals surface area contributed by atoms with Gasteiger partial charge in [-0.15, -0.1) is 0 Å². The van der Waals surface area contributed by atoms with E-state index < -0.39 is 0 Å². The fourth-order valence-electron chi connectivity index (χ4n) is 2.46. The van der Waals surface area contributed by atoms with E-state index in [4.69, 9.17) is 4.74 Å². The summed E-state index contributed by atoms with van der Waals surface area (Å²) >= 11 is 0. The van der Waals surface area contributed by atoms with Crippen LogP contribution in [0.1, 0.15) is 26.2 Å². The highest BCUT2D eigenvalue weighted by molar-refractivity contribution is 5.76. The molecule has 3 atom stereocenters. The molecule has 74 valence electrons. The van der Waals surface area contributed by atoms with Crippen LogP contribution in [0.25, 0.3) is 0 Å². The molecule has 3 nitrogen and oxygen atoms in total. The van der Waals surface area contributed by atoms with Gasteiger partial charge in [-0.25, -0.2) is 0 Å².